The summed E-state index contributed by atoms with van der Waals surface area (Å²) in [6.07, 6.45) is 3.67. The summed E-state index contributed by atoms with van der Waals surface area (Å²) in [4.78, 5) is 18.1. The number of aromatic nitrogens is 1. The number of carbonyl (C=O) groups is 1. The number of aryl methyl sites for hydroxylation is 1. The number of hydrogen-bond donors (Lipinski definition) is 1. The predicted molar refractivity (Wildman–Crippen MR) is 71.6 cm³/mol. The van der Waals surface area contributed by atoms with Crippen molar-refractivity contribution >= 4 is 5.91 Å². The summed E-state index contributed by atoms with van der Waals surface area (Å²) in [5.74, 6) is 0.630. The molecule has 0 aliphatic carbocycles. The van der Waals surface area contributed by atoms with Crippen LogP contribution in [0.3, 0.4) is 0 Å². The highest BCUT2D eigenvalue weighted by molar-refractivity contribution is 5.81. The first kappa shape index (κ1) is 12.9. The fraction of sp³-hybridized carbons (Fsp3) is 0.333. The maximum atomic E-state index is 12.4. The first-order valence-corrected chi connectivity index (χ1v) is 6.69. The molecule has 5 heteroatoms. The Morgan fingerprint density at radius 3 is 3.10 bits per heavy atom. The summed E-state index contributed by atoms with van der Waals surface area (Å²) >= 11 is 0. The minimum atomic E-state index is -1.20. The fourth-order valence-electron chi connectivity index (χ4n) is 2.47. The highest BCUT2D eigenvalue weighted by atomic mass is 16.3. The van der Waals surface area contributed by atoms with Gasteiger partial charge in [0.1, 0.15) is 5.76 Å². The van der Waals surface area contributed by atoms with Crippen molar-refractivity contribution in [1.82, 2.24) is 9.88 Å². The second kappa shape index (κ2) is 5.46. The van der Waals surface area contributed by atoms with Crippen LogP contribution in [-0.2, 0) is 17.8 Å². The van der Waals surface area contributed by atoms with Gasteiger partial charge in [0.15, 0.2) is 6.10 Å². The molecular formula is C15H16N2O3. The molecule has 0 fully saturated rings. The third kappa shape index (κ3) is 2.44. The molecule has 5 nitrogen and oxygen atoms in total. The van der Waals surface area contributed by atoms with Crippen molar-refractivity contribution in [2.75, 3.05) is 6.54 Å². The molecule has 1 atom stereocenters. The van der Waals surface area contributed by atoms with E-state index in [0.717, 1.165) is 24.2 Å². The van der Waals surface area contributed by atoms with Gasteiger partial charge in [-0.05, 0) is 24.6 Å². The Labute approximate surface area is 116 Å². The van der Waals surface area contributed by atoms with Crippen LogP contribution in [0.2, 0.25) is 0 Å². The van der Waals surface area contributed by atoms with Gasteiger partial charge in [-0.15, -0.1) is 0 Å². The monoisotopic (exact) mass is 272 g/mol. The molecule has 2 aromatic rings. The fourth-order valence-corrected chi connectivity index (χ4v) is 2.47. The second-order valence-electron chi connectivity index (χ2n) is 4.89. The summed E-state index contributed by atoms with van der Waals surface area (Å²) in [5, 5.41) is 10.2. The van der Waals surface area contributed by atoms with Crippen molar-refractivity contribution in [3.05, 3.63) is 53.7 Å². The van der Waals surface area contributed by atoms with E-state index in [0.29, 0.717) is 18.8 Å². The molecular weight excluding hydrogens is 256 g/mol. The number of nitrogens with zero attached hydrogens (tertiary/aromatic N) is 2. The zero-order valence-electron chi connectivity index (χ0n) is 11.0. The average molecular weight is 272 g/mol. The molecule has 0 saturated heterocycles. The van der Waals surface area contributed by atoms with E-state index in [4.69, 9.17) is 4.42 Å². The second-order valence-corrected chi connectivity index (χ2v) is 4.89. The number of aliphatic hydroxyl groups excluding tert-OH is 1. The van der Waals surface area contributed by atoms with Crippen molar-refractivity contribution < 1.29 is 14.3 Å². The average Bonchev–Trinajstić information content (AvgIpc) is 2.83. The Balaban J connectivity index is 1.77. The molecule has 0 bridgehead atoms. The van der Waals surface area contributed by atoms with Gasteiger partial charge in [-0.1, -0.05) is 6.07 Å². The Morgan fingerprint density at radius 2 is 2.30 bits per heavy atom. The molecule has 0 aromatic carbocycles. The van der Waals surface area contributed by atoms with E-state index in [9.17, 15) is 9.90 Å². The summed E-state index contributed by atoms with van der Waals surface area (Å²) in [6, 6.07) is 7.05. The lowest BCUT2D eigenvalue weighted by Gasteiger charge is -2.23. The highest BCUT2D eigenvalue weighted by Crippen LogP contribution is 2.22. The minimum Gasteiger partial charge on any atom is -0.469 e. The van der Waals surface area contributed by atoms with Gasteiger partial charge in [-0.3, -0.25) is 9.78 Å². The van der Waals surface area contributed by atoms with Gasteiger partial charge in [0.05, 0.1) is 12.0 Å². The molecule has 1 amide bonds. The van der Waals surface area contributed by atoms with Crippen LogP contribution in [0.25, 0.3) is 0 Å². The summed E-state index contributed by atoms with van der Waals surface area (Å²) in [7, 11) is 0. The normalized spacial score (nSPS) is 16.4. The van der Waals surface area contributed by atoms with E-state index in [1.165, 1.54) is 0 Å². The lowest BCUT2D eigenvalue weighted by molar-refractivity contribution is -0.141. The van der Waals surface area contributed by atoms with Crippen LogP contribution >= 0.6 is 0 Å². The van der Waals surface area contributed by atoms with Crippen LogP contribution in [0, 0.1) is 0 Å². The van der Waals surface area contributed by atoms with E-state index in [1.807, 2.05) is 6.07 Å². The number of aliphatic hydroxyl groups is 1. The van der Waals surface area contributed by atoms with Crippen LogP contribution in [0.1, 0.15) is 29.5 Å². The third-order valence-electron chi connectivity index (χ3n) is 3.54. The van der Waals surface area contributed by atoms with Gasteiger partial charge in [0, 0.05) is 31.3 Å². The lowest BCUT2D eigenvalue weighted by Crippen LogP contribution is -2.35. The van der Waals surface area contributed by atoms with Gasteiger partial charge in [0.2, 0.25) is 0 Å². The Morgan fingerprint density at radius 1 is 1.40 bits per heavy atom. The summed E-state index contributed by atoms with van der Waals surface area (Å²) in [5.41, 5.74) is 1.40. The quantitative estimate of drug-likeness (QED) is 0.903. The van der Waals surface area contributed by atoms with Crippen molar-refractivity contribution in [2.45, 2.75) is 25.5 Å². The largest absolute Gasteiger partial charge is 0.469 e. The molecule has 2 aromatic heterocycles. The standard InChI is InChI=1S/C15H16N2O3/c18-14(12-4-1-2-7-16-12)15(19)17-8-3-5-13-11(10-17)6-9-20-13/h1-2,4,6-7,9,14,18H,3,5,8,10H2. The molecule has 20 heavy (non-hydrogen) atoms. The minimum absolute atomic E-state index is 0.308. The molecule has 1 N–H and O–H groups in total. The van der Waals surface area contributed by atoms with Crippen molar-refractivity contribution in [2.24, 2.45) is 0 Å². The molecule has 1 aliphatic rings. The third-order valence-corrected chi connectivity index (χ3v) is 3.54. The van der Waals surface area contributed by atoms with Crippen LogP contribution in [0.5, 0.6) is 0 Å². The lowest BCUT2D eigenvalue weighted by atomic mass is 10.2. The van der Waals surface area contributed by atoms with Gasteiger partial charge in [0.25, 0.3) is 5.91 Å². The van der Waals surface area contributed by atoms with Crippen LogP contribution in [0.4, 0.5) is 0 Å². The Hall–Kier alpha value is -2.14. The maximum absolute atomic E-state index is 12.4. The van der Waals surface area contributed by atoms with Gasteiger partial charge >= 0.3 is 0 Å². The Kier molecular flexibility index (Phi) is 3.52. The molecule has 3 heterocycles. The first-order valence-electron chi connectivity index (χ1n) is 6.69. The van der Waals surface area contributed by atoms with Gasteiger partial charge in [-0.25, -0.2) is 0 Å². The number of pyridine rings is 1. The number of fused-ring (bicyclic) bond motifs is 1. The van der Waals surface area contributed by atoms with Gasteiger partial charge in [-0.2, -0.15) is 0 Å². The van der Waals surface area contributed by atoms with E-state index in [2.05, 4.69) is 4.98 Å². The number of amides is 1. The Bertz CT molecular complexity index is 594. The maximum Gasteiger partial charge on any atom is 0.257 e. The van der Waals surface area contributed by atoms with Gasteiger partial charge < -0.3 is 14.4 Å². The summed E-state index contributed by atoms with van der Waals surface area (Å²) in [6.45, 7) is 1.10. The molecule has 3 rings (SSSR count). The first-order chi connectivity index (χ1) is 9.75. The van der Waals surface area contributed by atoms with Crippen molar-refractivity contribution in [3.8, 4) is 0 Å². The topological polar surface area (TPSA) is 66.6 Å². The smallest absolute Gasteiger partial charge is 0.257 e. The van der Waals surface area contributed by atoms with Crippen LogP contribution in [-0.4, -0.2) is 27.4 Å². The zero-order chi connectivity index (χ0) is 13.9. The SMILES string of the molecule is O=C(C(O)c1ccccn1)N1CCCc2occc2C1. The van der Waals surface area contributed by atoms with Crippen LogP contribution in [0.15, 0.2) is 41.1 Å². The van der Waals surface area contributed by atoms with E-state index >= 15 is 0 Å². The molecule has 1 unspecified atom stereocenters. The van der Waals surface area contributed by atoms with E-state index in [-0.39, 0.29) is 5.91 Å². The predicted octanol–water partition coefficient (Wildman–Crippen LogP) is 1.68. The molecule has 0 saturated carbocycles. The molecule has 0 radical (unpaired) electrons. The number of hydrogen-bond acceptors (Lipinski definition) is 4. The van der Waals surface area contributed by atoms with Crippen molar-refractivity contribution in [3.63, 3.8) is 0 Å². The van der Waals surface area contributed by atoms with Crippen molar-refractivity contribution in [1.29, 1.82) is 0 Å². The molecule has 104 valence electrons. The number of rotatable bonds is 2. The zero-order valence-corrected chi connectivity index (χ0v) is 11.0. The van der Waals surface area contributed by atoms with E-state index < -0.39 is 6.10 Å². The van der Waals surface area contributed by atoms with Crippen LogP contribution < -0.4 is 0 Å². The summed E-state index contributed by atoms with van der Waals surface area (Å²) < 4.78 is 5.40. The highest BCUT2D eigenvalue weighted by Gasteiger charge is 2.27. The molecule has 0 spiro atoms. The number of furan rings is 1. The molecule has 1 aliphatic heterocycles. The van der Waals surface area contributed by atoms with E-state index in [1.54, 1.807) is 35.6 Å². The number of carbonyl (C=O) groups excluding carboxylic acids is 1.